The fourth-order valence-corrected chi connectivity index (χ4v) is 9.54. The summed E-state index contributed by atoms with van der Waals surface area (Å²) in [5, 5.41) is 200. The molecule has 0 aromatic heterocycles. The van der Waals surface area contributed by atoms with E-state index in [-0.39, 0.29) is 0 Å². The van der Waals surface area contributed by atoms with Crippen LogP contribution in [0.5, 0.6) is 0 Å². The smallest absolute Gasteiger partial charge is 0.364 e. The molecule has 0 spiro atoms. The van der Waals surface area contributed by atoms with E-state index in [0.717, 1.165) is 20.8 Å². The maximum Gasteiger partial charge on any atom is 0.364 e. The molecule has 0 aliphatic carbocycles. The summed E-state index contributed by atoms with van der Waals surface area (Å²) < 4.78 is 50.5. The predicted octanol–water partition coefficient (Wildman–Crippen LogP) is -13.1. The van der Waals surface area contributed by atoms with Gasteiger partial charge in [-0.1, -0.05) is 0 Å². The van der Waals surface area contributed by atoms with Gasteiger partial charge in [-0.15, -0.1) is 0 Å². The zero-order chi connectivity index (χ0) is 57.8. The zero-order valence-electron chi connectivity index (χ0n) is 41.1. The van der Waals surface area contributed by atoms with Gasteiger partial charge in [0.1, 0.15) is 110 Å². The van der Waals surface area contributed by atoms with Gasteiger partial charge in [-0.3, -0.25) is 14.4 Å². The van der Waals surface area contributed by atoms with Crippen molar-refractivity contribution in [1.29, 1.82) is 0 Å². The second-order valence-electron chi connectivity index (χ2n) is 19.0. The van der Waals surface area contributed by atoms with Crippen LogP contribution in [-0.4, -0.2) is 319 Å². The van der Waals surface area contributed by atoms with Crippen LogP contribution in [0.15, 0.2) is 0 Å². The van der Waals surface area contributed by atoms with Crippen LogP contribution in [0, 0.1) is 0 Å². The van der Waals surface area contributed by atoms with Gasteiger partial charge in [0.2, 0.25) is 17.7 Å². The fourth-order valence-electron chi connectivity index (χ4n) is 9.54. The van der Waals surface area contributed by atoms with Gasteiger partial charge in [0.15, 0.2) is 18.9 Å². The lowest BCUT2D eigenvalue weighted by Crippen LogP contribution is -2.72. The number of amides is 3. The summed E-state index contributed by atoms with van der Waals surface area (Å²) in [4.78, 5) is 63.5. The minimum Gasteiger partial charge on any atom is -0.477 e. The summed E-state index contributed by atoms with van der Waals surface area (Å²) in [5.41, 5.74) is 0. The molecule has 5 fully saturated rings. The number of hydrogen-bond donors (Lipinski definition) is 21. The Hall–Kier alpha value is -3.65. The average Bonchev–Trinajstić information content (AvgIpc) is 3.36. The summed E-state index contributed by atoms with van der Waals surface area (Å²) in [5.74, 6) is -13.5. The topological polar surface area (TPSA) is 569 Å². The van der Waals surface area contributed by atoms with E-state index in [1.165, 1.54) is 0 Å². The highest BCUT2D eigenvalue weighted by Gasteiger charge is 2.62. The first-order valence-electron chi connectivity index (χ1n) is 23.8. The van der Waals surface area contributed by atoms with Crippen LogP contribution in [-0.2, 0) is 66.6 Å². The molecule has 27 atom stereocenters. The first-order chi connectivity index (χ1) is 36.0. The first kappa shape index (κ1) is 64.2. The van der Waals surface area contributed by atoms with Crippen molar-refractivity contribution in [2.45, 2.75) is 198 Å². The second kappa shape index (κ2) is 26.7. The van der Waals surface area contributed by atoms with Gasteiger partial charge in [-0.05, 0) is 0 Å². The standard InChI is InChI=1S/C42H69N3O32/c1-11(50)43-21-14(53)4-41(39(65)66,75-32(21)24(57)16(55)6-46)69-10-17(56)25(58)33-22(44-12(2)51)15(54)5-42(76-33,40(67)68)77-34-23(45-13(3)52)37(71-18(7-47)26(34)59)74-35-27(60)19(8-48)72-38(30(35)63)73-31-20(9-49)70-36(64)29(62)28(31)61/h14-38,46-49,53-64H,4-10H2,1-3H3,(H,43,50)(H,44,51)(H,45,52)(H,65,66)(H,67,68)/t14-,15-,16+,17+,18+,19+,20+,21+,22+,23+,24+,25+,26-,27-,28+,29+,30+,31+,32+,33+,34+,35-,36+,37-,38-,41+,42-/m0/s1. The van der Waals surface area contributed by atoms with Crippen LogP contribution in [0.1, 0.15) is 33.6 Å². The van der Waals surface area contributed by atoms with E-state index in [4.69, 9.17) is 42.6 Å². The molecule has 0 radical (unpaired) electrons. The van der Waals surface area contributed by atoms with Crippen molar-refractivity contribution in [3.63, 3.8) is 0 Å². The number of carbonyl (C=O) groups excluding carboxylic acids is 3. The third-order valence-corrected chi connectivity index (χ3v) is 13.5. The minimum atomic E-state index is -3.39. The third kappa shape index (κ3) is 14.1. The Labute approximate surface area is 434 Å². The van der Waals surface area contributed by atoms with Gasteiger partial charge in [-0.2, -0.15) is 0 Å². The quantitative estimate of drug-likeness (QED) is 0.0479. The van der Waals surface area contributed by atoms with E-state index in [2.05, 4.69) is 16.0 Å². The number of rotatable bonds is 22. The first-order valence-corrected chi connectivity index (χ1v) is 23.8. The number of carboxylic acid groups (broad SMARTS) is 2. The van der Waals surface area contributed by atoms with Gasteiger partial charge in [0, 0.05) is 33.6 Å². The number of aliphatic hydroxyl groups excluding tert-OH is 16. The van der Waals surface area contributed by atoms with Gasteiger partial charge in [0.25, 0.3) is 11.6 Å². The van der Waals surface area contributed by atoms with Crippen molar-refractivity contribution >= 4 is 29.7 Å². The number of nitrogens with one attached hydrogen (secondary N) is 3. The fraction of sp³-hybridized carbons (Fsp3) is 0.881. The van der Waals surface area contributed by atoms with Crippen molar-refractivity contribution in [2.24, 2.45) is 0 Å². The molecular weight excluding hydrogens is 1060 g/mol. The number of aliphatic carboxylic acids is 2. The average molecular weight is 1130 g/mol. The maximum atomic E-state index is 13.5. The molecular formula is C42H69N3O32. The largest absolute Gasteiger partial charge is 0.477 e. The molecule has 3 amide bonds. The van der Waals surface area contributed by atoms with Crippen molar-refractivity contribution in [1.82, 2.24) is 16.0 Å². The summed E-state index contributed by atoms with van der Waals surface area (Å²) >= 11 is 0. The molecule has 35 heteroatoms. The van der Waals surface area contributed by atoms with Crippen LogP contribution in [0.4, 0.5) is 0 Å². The molecule has 0 saturated carbocycles. The Morgan fingerprint density at radius 1 is 0.532 bits per heavy atom. The van der Waals surface area contributed by atoms with E-state index in [0.29, 0.717) is 0 Å². The molecule has 0 unspecified atom stereocenters. The third-order valence-electron chi connectivity index (χ3n) is 13.5. The van der Waals surface area contributed by atoms with Crippen molar-refractivity contribution in [3.8, 4) is 0 Å². The van der Waals surface area contributed by atoms with E-state index in [1.807, 2.05) is 0 Å². The van der Waals surface area contributed by atoms with Crippen LogP contribution >= 0.6 is 0 Å². The number of carbonyl (C=O) groups is 5. The number of hydrogen-bond acceptors (Lipinski definition) is 30. The summed E-state index contributed by atoms with van der Waals surface area (Å²) in [6.07, 6.45) is -48.8. The monoisotopic (exact) mass is 1130 g/mol. The molecule has 21 N–H and O–H groups in total. The van der Waals surface area contributed by atoms with Gasteiger partial charge < -0.3 is 150 Å². The zero-order valence-corrected chi connectivity index (χ0v) is 41.1. The normalized spacial score (nSPS) is 43.2. The SMILES string of the molecule is CC(=O)N[C@H]1[C@H](O[C@H]2[C@@H](O)[C@@H](CO)O[C@@H](O[C@H]3[C@H](O)[C@@H](O)[C@H](O)O[C@@H]3CO)[C@@H]2O)O[C@H](CO)[C@H](O)[C@@H]1O[C@]1(C(=O)O)C[C@H](O)[C@@H](NC(C)=O)[C@H]([C@H](O)[C@H](O)CO[C@]2(C(=O)O)C[C@H](O)[C@@H](NC(C)=O)[C@H]([C@H](O)[C@H](O)CO)O2)O1. The maximum absolute atomic E-state index is 13.5. The molecule has 0 bridgehead atoms. The number of ether oxygens (including phenoxy) is 9. The Morgan fingerprint density at radius 3 is 1.45 bits per heavy atom. The molecule has 0 aromatic rings. The van der Waals surface area contributed by atoms with E-state index in [1.54, 1.807) is 0 Å². The summed E-state index contributed by atoms with van der Waals surface area (Å²) in [6, 6.07) is -5.62. The molecule has 0 aromatic carbocycles. The molecule has 5 aliphatic heterocycles. The van der Waals surface area contributed by atoms with E-state index < -0.39 is 240 Å². The lowest BCUT2D eigenvalue weighted by Gasteiger charge is -2.52. The predicted molar refractivity (Wildman–Crippen MR) is 236 cm³/mol. The second-order valence-corrected chi connectivity index (χ2v) is 19.0. The van der Waals surface area contributed by atoms with E-state index >= 15 is 0 Å². The number of carboxylic acids is 2. The molecule has 5 saturated heterocycles. The van der Waals surface area contributed by atoms with Gasteiger partial charge >= 0.3 is 11.9 Å². The summed E-state index contributed by atoms with van der Waals surface area (Å²) in [6.45, 7) is -2.94. The lowest BCUT2D eigenvalue weighted by molar-refractivity contribution is -0.382. The highest BCUT2D eigenvalue weighted by molar-refractivity contribution is 5.77. The van der Waals surface area contributed by atoms with Crippen LogP contribution in [0.3, 0.4) is 0 Å². The summed E-state index contributed by atoms with van der Waals surface area (Å²) in [7, 11) is 0. The van der Waals surface area contributed by atoms with Crippen LogP contribution in [0.2, 0.25) is 0 Å². The van der Waals surface area contributed by atoms with Gasteiger partial charge in [-0.25, -0.2) is 9.59 Å². The molecule has 5 aliphatic rings. The Bertz CT molecular complexity index is 2000. The molecule has 35 nitrogen and oxygen atoms in total. The highest BCUT2D eigenvalue weighted by atomic mass is 16.8. The highest BCUT2D eigenvalue weighted by Crippen LogP contribution is 2.40. The van der Waals surface area contributed by atoms with E-state index in [9.17, 15) is 116 Å². The lowest BCUT2D eigenvalue weighted by atomic mass is 9.87. The Kier molecular flexibility index (Phi) is 22.3. The minimum absolute atomic E-state index is 0.830. The molecule has 444 valence electrons. The van der Waals surface area contributed by atoms with Crippen molar-refractivity contribution in [2.75, 3.05) is 33.0 Å². The Balaban J connectivity index is 1.47. The van der Waals surface area contributed by atoms with Crippen LogP contribution in [0.25, 0.3) is 0 Å². The molecule has 5 rings (SSSR count). The Morgan fingerprint density at radius 2 is 0.974 bits per heavy atom. The van der Waals surface area contributed by atoms with Gasteiger partial charge in [0.05, 0.1) is 57.3 Å². The van der Waals surface area contributed by atoms with Crippen molar-refractivity contribution < 1.29 is 159 Å². The molecule has 77 heavy (non-hydrogen) atoms. The molecule has 5 heterocycles. The van der Waals surface area contributed by atoms with Crippen LogP contribution < -0.4 is 16.0 Å². The number of aliphatic hydroxyl groups is 16. The van der Waals surface area contributed by atoms with Crippen molar-refractivity contribution in [3.05, 3.63) is 0 Å².